The standard InChI is InChI=1S/C15H14ClNO2/c1-9-6-14(19-2)12(8-13(9)16)15(18)10-4-3-5-11(17)7-10/h3-8H,17H2,1-2H3. The zero-order valence-corrected chi connectivity index (χ0v) is 11.5. The highest BCUT2D eigenvalue weighted by Crippen LogP contribution is 2.28. The Morgan fingerprint density at radius 2 is 2.00 bits per heavy atom. The predicted molar refractivity (Wildman–Crippen MR) is 77.0 cm³/mol. The topological polar surface area (TPSA) is 52.3 Å². The van der Waals surface area contributed by atoms with Gasteiger partial charge in [-0.3, -0.25) is 4.79 Å². The molecule has 0 atom stereocenters. The van der Waals surface area contributed by atoms with Gasteiger partial charge in [0.05, 0.1) is 12.7 Å². The van der Waals surface area contributed by atoms with E-state index >= 15 is 0 Å². The van der Waals surface area contributed by atoms with Crippen LogP contribution >= 0.6 is 11.6 Å². The largest absolute Gasteiger partial charge is 0.496 e. The lowest BCUT2D eigenvalue weighted by Gasteiger charge is -2.10. The number of ketones is 1. The van der Waals surface area contributed by atoms with Crippen LogP contribution in [0.15, 0.2) is 36.4 Å². The van der Waals surface area contributed by atoms with E-state index in [1.54, 1.807) is 36.4 Å². The molecule has 3 nitrogen and oxygen atoms in total. The average Bonchev–Trinajstić information content (AvgIpc) is 2.40. The zero-order valence-electron chi connectivity index (χ0n) is 10.7. The van der Waals surface area contributed by atoms with Crippen LogP contribution in [-0.4, -0.2) is 12.9 Å². The number of nitrogens with two attached hydrogens (primary N) is 1. The van der Waals surface area contributed by atoms with Gasteiger partial charge in [0, 0.05) is 16.3 Å². The maximum absolute atomic E-state index is 12.4. The molecule has 0 fully saturated rings. The summed E-state index contributed by atoms with van der Waals surface area (Å²) in [6, 6.07) is 10.2. The molecule has 0 heterocycles. The van der Waals surface area contributed by atoms with E-state index in [1.807, 2.05) is 6.92 Å². The Bertz CT molecular complexity index is 638. The number of aryl methyl sites for hydroxylation is 1. The van der Waals surface area contributed by atoms with Gasteiger partial charge in [0.1, 0.15) is 5.75 Å². The zero-order chi connectivity index (χ0) is 14.0. The van der Waals surface area contributed by atoms with E-state index in [0.29, 0.717) is 27.6 Å². The van der Waals surface area contributed by atoms with Crippen molar-refractivity contribution in [1.29, 1.82) is 0 Å². The molecule has 0 radical (unpaired) electrons. The second-order valence-corrected chi connectivity index (χ2v) is 4.66. The van der Waals surface area contributed by atoms with Gasteiger partial charge in [0.15, 0.2) is 5.78 Å². The molecule has 0 bridgehead atoms. The van der Waals surface area contributed by atoms with Gasteiger partial charge >= 0.3 is 0 Å². The van der Waals surface area contributed by atoms with Gasteiger partial charge in [-0.05, 0) is 36.8 Å². The SMILES string of the molecule is COc1cc(C)c(Cl)cc1C(=O)c1cccc(N)c1. The molecule has 0 aliphatic rings. The number of carbonyl (C=O) groups is 1. The summed E-state index contributed by atoms with van der Waals surface area (Å²) in [7, 11) is 1.53. The maximum atomic E-state index is 12.4. The highest BCUT2D eigenvalue weighted by Gasteiger charge is 2.16. The number of rotatable bonds is 3. The number of methoxy groups -OCH3 is 1. The maximum Gasteiger partial charge on any atom is 0.196 e. The van der Waals surface area contributed by atoms with Gasteiger partial charge in [-0.1, -0.05) is 23.7 Å². The fourth-order valence-corrected chi connectivity index (χ4v) is 2.00. The molecule has 0 saturated carbocycles. The lowest BCUT2D eigenvalue weighted by atomic mass is 10.0. The first kappa shape index (κ1) is 13.4. The molecule has 2 N–H and O–H groups in total. The molecule has 2 rings (SSSR count). The summed E-state index contributed by atoms with van der Waals surface area (Å²) in [6.07, 6.45) is 0. The van der Waals surface area contributed by atoms with Crippen LogP contribution in [0.3, 0.4) is 0 Å². The van der Waals surface area contributed by atoms with Crippen LogP contribution in [0.4, 0.5) is 5.69 Å². The first-order valence-electron chi connectivity index (χ1n) is 5.77. The minimum atomic E-state index is -0.161. The third kappa shape index (κ3) is 2.71. The first-order valence-corrected chi connectivity index (χ1v) is 6.15. The average molecular weight is 276 g/mol. The summed E-state index contributed by atoms with van der Waals surface area (Å²) in [5, 5.41) is 0.535. The van der Waals surface area contributed by atoms with Crippen LogP contribution in [0.25, 0.3) is 0 Å². The number of halogens is 1. The second-order valence-electron chi connectivity index (χ2n) is 4.26. The first-order chi connectivity index (χ1) is 9.02. The normalized spacial score (nSPS) is 10.3. The molecular weight excluding hydrogens is 262 g/mol. The Morgan fingerprint density at radius 3 is 2.63 bits per heavy atom. The van der Waals surface area contributed by atoms with Crippen molar-refractivity contribution in [3.05, 3.63) is 58.1 Å². The Labute approximate surface area is 117 Å². The van der Waals surface area contributed by atoms with Gasteiger partial charge < -0.3 is 10.5 Å². The number of nitrogen functional groups attached to an aromatic ring is 1. The van der Waals surface area contributed by atoms with Gasteiger partial charge in [-0.15, -0.1) is 0 Å². The van der Waals surface area contributed by atoms with E-state index in [2.05, 4.69) is 0 Å². The second kappa shape index (κ2) is 5.33. The van der Waals surface area contributed by atoms with Crippen molar-refractivity contribution < 1.29 is 9.53 Å². The van der Waals surface area contributed by atoms with Crippen LogP contribution in [0, 0.1) is 6.92 Å². The van der Waals surface area contributed by atoms with Crippen molar-refractivity contribution in [3.8, 4) is 5.75 Å². The molecule has 2 aromatic carbocycles. The van der Waals surface area contributed by atoms with Gasteiger partial charge in [0.25, 0.3) is 0 Å². The van der Waals surface area contributed by atoms with Crippen molar-refractivity contribution in [2.45, 2.75) is 6.92 Å². The lowest BCUT2D eigenvalue weighted by molar-refractivity contribution is 0.103. The highest BCUT2D eigenvalue weighted by atomic mass is 35.5. The third-order valence-corrected chi connectivity index (χ3v) is 3.28. The summed E-state index contributed by atoms with van der Waals surface area (Å²) < 4.78 is 5.24. The van der Waals surface area contributed by atoms with Crippen LogP contribution < -0.4 is 10.5 Å². The molecule has 4 heteroatoms. The van der Waals surface area contributed by atoms with Crippen molar-refractivity contribution in [2.75, 3.05) is 12.8 Å². The number of anilines is 1. The van der Waals surface area contributed by atoms with E-state index in [0.717, 1.165) is 5.56 Å². The third-order valence-electron chi connectivity index (χ3n) is 2.87. The van der Waals surface area contributed by atoms with E-state index < -0.39 is 0 Å². The van der Waals surface area contributed by atoms with Crippen molar-refractivity contribution in [2.24, 2.45) is 0 Å². The predicted octanol–water partition coefficient (Wildman–Crippen LogP) is 3.47. The Balaban J connectivity index is 2.52. The quantitative estimate of drug-likeness (QED) is 0.689. The number of hydrogen-bond donors (Lipinski definition) is 1. The summed E-state index contributed by atoms with van der Waals surface area (Å²) in [5.74, 6) is 0.348. The Morgan fingerprint density at radius 1 is 1.26 bits per heavy atom. The molecule has 0 spiro atoms. The fourth-order valence-electron chi connectivity index (χ4n) is 1.84. The molecular formula is C15H14ClNO2. The van der Waals surface area contributed by atoms with E-state index in [1.165, 1.54) is 7.11 Å². The minimum Gasteiger partial charge on any atom is -0.496 e. The number of ether oxygens (including phenoxy) is 1. The van der Waals surface area contributed by atoms with Crippen LogP contribution in [0.2, 0.25) is 5.02 Å². The molecule has 0 unspecified atom stereocenters. The summed E-state index contributed by atoms with van der Waals surface area (Å²) in [6.45, 7) is 1.86. The number of hydrogen-bond acceptors (Lipinski definition) is 3. The van der Waals surface area contributed by atoms with Crippen molar-refractivity contribution in [3.63, 3.8) is 0 Å². The molecule has 19 heavy (non-hydrogen) atoms. The molecule has 98 valence electrons. The van der Waals surface area contributed by atoms with Crippen LogP contribution in [0.1, 0.15) is 21.5 Å². The number of benzene rings is 2. The van der Waals surface area contributed by atoms with Crippen molar-refractivity contribution >= 4 is 23.1 Å². The van der Waals surface area contributed by atoms with Crippen LogP contribution in [-0.2, 0) is 0 Å². The number of carbonyl (C=O) groups excluding carboxylic acids is 1. The monoisotopic (exact) mass is 275 g/mol. The molecule has 0 saturated heterocycles. The lowest BCUT2D eigenvalue weighted by Crippen LogP contribution is -2.05. The van der Waals surface area contributed by atoms with E-state index in [-0.39, 0.29) is 5.78 Å². The van der Waals surface area contributed by atoms with Gasteiger partial charge in [0.2, 0.25) is 0 Å². The molecule has 2 aromatic rings. The summed E-state index contributed by atoms with van der Waals surface area (Å²) >= 11 is 6.07. The van der Waals surface area contributed by atoms with Crippen molar-refractivity contribution in [1.82, 2.24) is 0 Å². The summed E-state index contributed by atoms with van der Waals surface area (Å²) in [5.41, 5.74) is 8.04. The smallest absolute Gasteiger partial charge is 0.196 e. The van der Waals surface area contributed by atoms with Crippen LogP contribution in [0.5, 0.6) is 5.75 Å². The van der Waals surface area contributed by atoms with E-state index in [4.69, 9.17) is 22.1 Å². The molecule has 0 aromatic heterocycles. The molecule has 0 amide bonds. The minimum absolute atomic E-state index is 0.161. The Hall–Kier alpha value is -2.00. The van der Waals surface area contributed by atoms with Gasteiger partial charge in [-0.25, -0.2) is 0 Å². The highest BCUT2D eigenvalue weighted by molar-refractivity contribution is 6.32. The van der Waals surface area contributed by atoms with E-state index in [9.17, 15) is 4.79 Å². The fraction of sp³-hybridized carbons (Fsp3) is 0.133. The Kier molecular flexibility index (Phi) is 3.76. The molecule has 0 aliphatic carbocycles. The summed E-state index contributed by atoms with van der Waals surface area (Å²) in [4.78, 5) is 12.4. The molecule has 0 aliphatic heterocycles. The van der Waals surface area contributed by atoms with Gasteiger partial charge in [-0.2, -0.15) is 0 Å².